The van der Waals surface area contributed by atoms with Gasteiger partial charge in [-0.2, -0.15) is 8.78 Å². The molecule has 25 heteroatoms. The van der Waals surface area contributed by atoms with Crippen LogP contribution in [-0.4, -0.2) is 152 Å². The molecule has 4 saturated heterocycles. The quantitative estimate of drug-likeness (QED) is 0.0616. The molecule has 9 amide bonds. The van der Waals surface area contributed by atoms with Gasteiger partial charge in [-0.3, -0.25) is 57.9 Å². The molecule has 80 heavy (non-hydrogen) atoms. The van der Waals surface area contributed by atoms with Crippen molar-refractivity contribution in [2.75, 3.05) is 32.7 Å². The van der Waals surface area contributed by atoms with E-state index in [9.17, 15) is 66.3 Å². The normalized spacial score (nSPS) is 23.0. The molecule has 5 fully saturated rings. The molecule has 6 aliphatic rings. The number of imide groups is 1. The minimum Gasteiger partial charge on any atom is -0.370 e. The molecular weight excluding hydrogens is 1080 g/mol. The Labute approximate surface area is 464 Å². The lowest BCUT2D eigenvalue weighted by molar-refractivity contribution is -0.144. The van der Waals surface area contributed by atoms with Crippen LogP contribution < -0.4 is 27.0 Å². The number of fused-ring (bicyclic) bond motifs is 3. The summed E-state index contributed by atoms with van der Waals surface area (Å²) in [7, 11) is -5.85. The van der Waals surface area contributed by atoms with Gasteiger partial charge in [0, 0.05) is 86.0 Å². The minimum atomic E-state index is -5.85. The maximum absolute atomic E-state index is 14.5. The minimum absolute atomic E-state index is 0.0601. The molecule has 6 heterocycles. The van der Waals surface area contributed by atoms with Crippen molar-refractivity contribution in [3.63, 3.8) is 0 Å². The van der Waals surface area contributed by atoms with Crippen molar-refractivity contribution < 1.29 is 66.3 Å². The second-order valence-corrected chi connectivity index (χ2v) is 24.4. The standard InChI is InChI=1S/C55H66F2N9O12PS/c56-55(57,79(76,77)78)35-16-21-43-34(29-35)30-44(80-43)51(72)60-40-15-5-4-13-36-17-19-42(66(36)53(40)74)50(71)59-39(18-22-45(58)67)48(69)62-47(33-10-2-1-3-11-33)54(75)64-27-25-63(26-28-64)24-7-6-9-32-12-8-14-37-38(32)31-65(52(37)73)41-20-23-46(68)61-49(41)70/h8,12,14,16,21,29-30,33,36,39-42,47H,1-5,7,10-11,13,15,17-20,22-28,31H2,(H2,58,67)(H,59,71)(H,60,72)(H,62,69)(H,61,68,70)(H2,76,77,78)/t36-,39-,40-,41?,42-,47-/m0/s1. The van der Waals surface area contributed by atoms with Gasteiger partial charge >= 0.3 is 13.3 Å². The molecule has 1 unspecified atom stereocenters. The highest BCUT2D eigenvalue weighted by molar-refractivity contribution is 7.52. The number of thiophene rings is 1. The number of primary amides is 1. The van der Waals surface area contributed by atoms with E-state index in [1.54, 1.807) is 17.0 Å². The van der Waals surface area contributed by atoms with E-state index in [2.05, 4.69) is 38.0 Å². The summed E-state index contributed by atoms with van der Waals surface area (Å²) in [6, 6.07) is 4.19. The van der Waals surface area contributed by atoms with Crippen LogP contribution in [0.1, 0.15) is 139 Å². The number of hydrogen-bond donors (Lipinski definition) is 7. The van der Waals surface area contributed by atoms with Gasteiger partial charge in [0.25, 0.3) is 11.8 Å². The van der Waals surface area contributed by atoms with E-state index in [0.29, 0.717) is 93.5 Å². The number of halogens is 2. The Bertz CT molecular complexity index is 3070. The highest BCUT2D eigenvalue weighted by Gasteiger charge is 2.51. The van der Waals surface area contributed by atoms with Crippen molar-refractivity contribution in [2.24, 2.45) is 11.7 Å². The first-order chi connectivity index (χ1) is 38.2. The van der Waals surface area contributed by atoms with Gasteiger partial charge in [0.05, 0.1) is 4.88 Å². The number of nitrogens with two attached hydrogens (primary N) is 1. The number of carbonyl (C=O) groups is 9. The number of alkyl halides is 2. The van der Waals surface area contributed by atoms with Crippen molar-refractivity contribution in [3.8, 4) is 11.8 Å². The van der Waals surface area contributed by atoms with Crippen LogP contribution in [0.3, 0.4) is 0 Å². The van der Waals surface area contributed by atoms with Crippen molar-refractivity contribution in [1.82, 2.24) is 40.9 Å². The fourth-order valence-corrected chi connectivity index (χ4v) is 13.5. The van der Waals surface area contributed by atoms with E-state index in [1.807, 2.05) is 6.07 Å². The SMILES string of the molecule is NC(=O)CC[C@H](NC(=O)[C@@H]1CC[C@@H]2CCCC[C@H](NC(=O)c3cc4cc(C(F)(F)P(=O)(O)O)ccc4s3)C(=O)N21)C(=O)N[C@H](C(=O)N1CCN(CCC#Cc2cccc3c2CN(C2CCC(=O)NC2=O)C3=O)CC1)C1CCCCC1. The summed E-state index contributed by atoms with van der Waals surface area (Å²) in [5.41, 5.74) is 2.10. The first kappa shape index (κ1) is 58.0. The third kappa shape index (κ3) is 12.8. The van der Waals surface area contributed by atoms with Gasteiger partial charge < -0.3 is 46.2 Å². The van der Waals surface area contributed by atoms with Gasteiger partial charge in [-0.25, -0.2) is 0 Å². The summed E-state index contributed by atoms with van der Waals surface area (Å²) in [4.78, 5) is 147. The van der Waals surface area contributed by atoms with E-state index in [4.69, 9.17) is 5.73 Å². The Balaban J connectivity index is 0.818. The summed E-state index contributed by atoms with van der Waals surface area (Å²) in [5.74, 6) is 1.66. The molecule has 1 aliphatic carbocycles. The number of rotatable bonds is 16. The van der Waals surface area contributed by atoms with Crippen molar-refractivity contribution >= 4 is 82.2 Å². The fourth-order valence-electron chi connectivity index (χ4n) is 12.1. The van der Waals surface area contributed by atoms with Crippen LogP contribution in [0, 0.1) is 17.8 Å². The van der Waals surface area contributed by atoms with Gasteiger partial charge in [0.1, 0.15) is 30.2 Å². The number of benzene rings is 2. The molecule has 9 rings (SSSR count). The second-order valence-electron chi connectivity index (χ2n) is 21.7. The van der Waals surface area contributed by atoms with E-state index < -0.39 is 84.5 Å². The van der Waals surface area contributed by atoms with Gasteiger partial charge in [-0.05, 0) is 98.6 Å². The third-order valence-electron chi connectivity index (χ3n) is 16.4. The summed E-state index contributed by atoms with van der Waals surface area (Å²) in [6.07, 6.45) is 7.37. The molecule has 428 valence electrons. The second kappa shape index (κ2) is 24.6. The zero-order valence-corrected chi connectivity index (χ0v) is 45.8. The number of hydrogen-bond acceptors (Lipinski definition) is 12. The van der Waals surface area contributed by atoms with Gasteiger partial charge in [0.15, 0.2) is 0 Å². The summed E-state index contributed by atoms with van der Waals surface area (Å²) < 4.78 is 41.0. The topological polar surface area (TPSA) is 298 Å². The summed E-state index contributed by atoms with van der Waals surface area (Å²) >= 11 is 0.942. The third-order valence-corrected chi connectivity index (χ3v) is 18.5. The molecule has 8 N–H and O–H groups in total. The van der Waals surface area contributed by atoms with Crippen LogP contribution >= 0.6 is 18.9 Å². The Morgan fingerprint density at radius 2 is 1.62 bits per heavy atom. The average molecular weight is 1150 g/mol. The smallest absolute Gasteiger partial charge is 0.370 e. The molecule has 1 aromatic heterocycles. The maximum Gasteiger partial charge on any atom is 0.399 e. The summed E-state index contributed by atoms with van der Waals surface area (Å²) in [5, 5.41) is 11.0. The molecule has 21 nitrogen and oxygen atoms in total. The van der Waals surface area contributed by atoms with Gasteiger partial charge in [-0.15, -0.1) is 11.3 Å². The lowest BCUT2D eigenvalue weighted by Gasteiger charge is -2.39. The number of nitrogens with one attached hydrogen (secondary N) is 4. The van der Waals surface area contributed by atoms with Crippen molar-refractivity contribution in [2.45, 2.75) is 151 Å². The Morgan fingerprint density at radius 3 is 2.35 bits per heavy atom. The highest BCUT2D eigenvalue weighted by atomic mass is 32.1. The van der Waals surface area contributed by atoms with Crippen LogP contribution in [0.15, 0.2) is 42.5 Å². The number of nitrogens with zero attached hydrogens (tertiary/aromatic N) is 4. The number of piperazine rings is 1. The molecule has 5 aliphatic heterocycles. The monoisotopic (exact) mass is 1150 g/mol. The number of carbonyl (C=O) groups excluding carboxylic acids is 9. The molecule has 0 bridgehead atoms. The summed E-state index contributed by atoms with van der Waals surface area (Å²) in [6.45, 7) is 2.71. The molecule has 2 aromatic carbocycles. The zero-order chi connectivity index (χ0) is 57.0. The zero-order valence-electron chi connectivity index (χ0n) is 44.1. The van der Waals surface area contributed by atoms with Crippen LogP contribution in [0.4, 0.5) is 8.78 Å². The van der Waals surface area contributed by atoms with Crippen molar-refractivity contribution in [3.05, 3.63) is 69.6 Å². The lowest BCUT2D eigenvalue weighted by atomic mass is 9.83. The Hall–Kier alpha value is -6.64. The Morgan fingerprint density at radius 1 is 0.887 bits per heavy atom. The molecule has 1 saturated carbocycles. The number of amides is 9. The van der Waals surface area contributed by atoms with E-state index in [1.165, 1.54) is 21.9 Å². The van der Waals surface area contributed by atoms with Crippen LogP contribution in [0.25, 0.3) is 10.1 Å². The highest BCUT2D eigenvalue weighted by Crippen LogP contribution is 2.59. The predicted molar refractivity (Wildman–Crippen MR) is 287 cm³/mol. The van der Waals surface area contributed by atoms with E-state index >= 15 is 0 Å². The molecule has 0 radical (unpaired) electrons. The molecule has 0 spiro atoms. The van der Waals surface area contributed by atoms with E-state index in [-0.39, 0.29) is 85.0 Å². The maximum atomic E-state index is 14.5. The lowest BCUT2D eigenvalue weighted by Crippen LogP contribution is -2.61. The van der Waals surface area contributed by atoms with Crippen LogP contribution in [-0.2, 0) is 50.3 Å². The molecule has 3 aromatic rings. The first-order valence-electron chi connectivity index (χ1n) is 27.4. The van der Waals surface area contributed by atoms with Crippen molar-refractivity contribution in [1.29, 1.82) is 0 Å². The van der Waals surface area contributed by atoms with Crippen LogP contribution in [0.5, 0.6) is 0 Å². The Kier molecular flexibility index (Phi) is 17.9. The van der Waals surface area contributed by atoms with Gasteiger partial charge in [0.2, 0.25) is 41.4 Å². The fraction of sp³-hybridized carbons (Fsp3) is 0.545. The van der Waals surface area contributed by atoms with Gasteiger partial charge in [-0.1, -0.05) is 56.1 Å². The van der Waals surface area contributed by atoms with E-state index in [0.717, 1.165) is 48.3 Å². The van der Waals surface area contributed by atoms with Crippen LogP contribution in [0.2, 0.25) is 0 Å². The molecular formula is C55H66F2N9O12PS. The largest absolute Gasteiger partial charge is 0.399 e. The average Bonchev–Trinajstić information content (AvgIpc) is 4.25. The molecule has 6 atom stereocenters. The predicted octanol–water partition coefficient (Wildman–Crippen LogP) is 3.32. The first-order valence-corrected chi connectivity index (χ1v) is 29.9. The number of piperidine rings is 1.